The lowest BCUT2D eigenvalue weighted by atomic mass is 10.0. The summed E-state index contributed by atoms with van der Waals surface area (Å²) >= 11 is 6.37. The van der Waals surface area contributed by atoms with Crippen LogP contribution in [0, 0.1) is 6.92 Å². The molecule has 0 saturated carbocycles. The van der Waals surface area contributed by atoms with Crippen LogP contribution < -0.4 is 5.69 Å². The quantitative estimate of drug-likeness (QED) is 0.549. The Bertz CT molecular complexity index is 1160. The normalized spacial score (nSPS) is 18.8. The van der Waals surface area contributed by atoms with E-state index in [1.54, 1.807) is 0 Å². The summed E-state index contributed by atoms with van der Waals surface area (Å²) in [6.45, 7) is 9.94. The Kier molecular flexibility index (Phi) is 6.88. The van der Waals surface area contributed by atoms with Crippen molar-refractivity contribution in [2.75, 3.05) is 45.9 Å². The molecule has 0 N–H and O–H groups in total. The van der Waals surface area contributed by atoms with Crippen LogP contribution in [0.2, 0.25) is 5.02 Å². The van der Waals surface area contributed by atoms with E-state index in [0.717, 1.165) is 87.9 Å². The van der Waals surface area contributed by atoms with Gasteiger partial charge in [-0.05, 0) is 49.1 Å². The number of benzene rings is 2. The van der Waals surface area contributed by atoms with E-state index in [9.17, 15) is 4.79 Å². The number of rotatable bonds is 6. The van der Waals surface area contributed by atoms with Gasteiger partial charge in [0.25, 0.3) is 0 Å². The number of hydrogen-bond acceptors (Lipinski definition) is 4. The second kappa shape index (κ2) is 10.0. The second-order valence-electron chi connectivity index (χ2n) is 9.35. The molecule has 6 nitrogen and oxygen atoms in total. The predicted molar refractivity (Wildman–Crippen MR) is 133 cm³/mol. The highest BCUT2D eigenvalue weighted by Gasteiger charge is 2.26. The van der Waals surface area contributed by atoms with E-state index >= 15 is 0 Å². The maximum Gasteiger partial charge on any atom is 0.329 e. The van der Waals surface area contributed by atoms with Crippen LogP contribution in [0.5, 0.6) is 0 Å². The van der Waals surface area contributed by atoms with E-state index in [2.05, 4.69) is 45.6 Å². The lowest BCUT2D eigenvalue weighted by molar-refractivity contribution is 0.0364. The van der Waals surface area contributed by atoms with Crippen molar-refractivity contribution in [1.82, 2.24) is 18.9 Å². The summed E-state index contributed by atoms with van der Waals surface area (Å²) in [5, 5.41) is 0.828. The number of fused-ring (bicyclic) bond motifs is 1. The molecule has 33 heavy (non-hydrogen) atoms. The molecule has 0 atom stereocenters. The highest BCUT2D eigenvalue weighted by atomic mass is 35.5. The molecule has 2 aromatic carbocycles. The largest absolute Gasteiger partial charge is 0.379 e. The molecular formula is C26H33ClN4O2. The van der Waals surface area contributed by atoms with Gasteiger partial charge in [-0.2, -0.15) is 0 Å². The fourth-order valence-electron chi connectivity index (χ4n) is 5.23. The number of ether oxygens (including phenoxy) is 1. The maximum atomic E-state index is 13.6. The van der Waals surface area contributed by atoms with E-state index in [-0.39, 0.29) is 11.7 Å². The van der Waals surface area contributed by atoms with Crippen LogP contribution in [0.3, 0.4) is 0 Å². The van der Waals surface area contributed by atoms with Crippen LogP contribution in [0.4, 0.5) is 0 Å². The average molecular weight is 469 g/mol. The lowest BCUT2D eigenvalue weighted by Crippen LogP contribution is -2.40. The summed E-state index contributed by atoms with van der Waals surface area (Å²) in [6.07, 6.45) is 1.95. The number of hydrogen-bond donors (Lipinski definition) is 0. The van der Waals surface area contributed by atoms with Gasteiger partial charge in [0.2, 0.25) is 0 Å². The highest BCUT2D eigenvalue weighted by molar-refractivity contribution is 6.31. The summed E-state index contributed by atoms with van der Waals surface area (Å²) in [4.78, 5) is 18.5. The van der Waals surface area contributed by atoms with Crippen LogP contribution >= 0.6 is 11.6 Å². The first-order valence-electron chi connectivity index (χ1n) is 12.1. The summed E-state index contributed by atoms with van der Waals surface area (Å²) in [6, 6.07) is 14.7. The molecule has 2 aliphatic heterocycles. The fourth-order valence-corrected chi connectivity index (χ4v) is 5.42. The molecule has 3 aromatic rings. The van der Waals surface area contributed by atoms with Crippen molar-refractivity contribution < 1.29 is 4.74 Å². The fraction of sp³-hybridized carbons (Fsp3) is 0.500. The van der Waals surface area contributed by atoms with Gasteiger partial charge >= 0.3 is 5.69 Å². The number of nitrogens with zero attached hydrogens (tertiary/aromatic N) is 4. The Hall–Kier alpha value is -2.12. The number of aryl methyl sites for hydroxylation is 1. The Morgan fingerprint density at radius 1 is 0.939 bits per heavy atom. The SMILES string of the molecule is Cc1ccc2c(c1)n(CCN1CCOCC1)c(=O)n2C1CCN(Cc2ccccc2Cl)CC1. The standard InChI is InChI=1S/C26H33ClN4O2/c1-20-6-7-24-25(18-20)30(13-12-28-14-16-33-17-15-28)26(32)31(24)22-8-10-29(11-9-22)19-21-4-2-3-5-23(21)27/h2-7,18,22H,8-17,19H2,1H3. The molecule has 0 amide bonds. The minimum absolute atomic E-state index is 0.133. The third kappa shape index (κ3) is 4.90. The van der Waals surface area contributed by atoms with Crippen molar-refractivity contribution in [1.29, 1.82) is 0 Å². The zero-order valence-corrected chi connectivity index (χ0v) is 20.1. The molecule has 3 heterocycles. The van der Waals surface area contributed by atoms with Crippen LogP contribution in [0.25, 0.3) is 11.0 Å². The van der Waals surface area contributed by atoms with E-state index < -0.39 is 0 Å². The number of aromatic nitrogens is 2. The molecule has 1 aromatic heterocycles. The monoisotopic (exact) mass is 468 g/mol. The molecule has 2 saturated heterocycles. The zero-order chi connectivity index (χ0) is 22.8. The zero-order valence-electron chi connectivity index (χ0n) is 19.4. The van der Waals surface area contributed by atoms with Crippen molar-refractivity contribution in [2.24, 2.45) is 0 Å². The van der Waals surface area contributed by atoms with Gasteiger partial charge in [-0.15, -0.1) is 0 Å². The summed E-state index contributed by atoms with van der Waals surface area (Å²) in [5.74, 6) is 0. The average Bonchev–Trinajstić information content (AvgIpc) is 3.10. The van der Waals surface area contributed by atoms with Crippen molar-refractivity contribution in [3.05, 3.63) is 69.1 Å². The molecule has 5 rings (SSSR count). The molecule has 0 radical (unpaired) electrons. The smallest absolute Gasteiger partial charge is 0.329 e. The van der Waals surface area contributed by atoms with Gasteiger partial charge in [-0.1, -0.05) is 35.9 Å². The first-order valence-corrected chi connectivity index (χ1v) is 12.5. The lowest BCUT2D eigenvalue weighted by Gasteiger charge is -2.32. The van der Waals surface area contributed by atoms with Crippen LogP contribution in [-0.2, 0) is 17.8 Å². The molecule has 0 spiro atoms. The van der Waals surface area contributed by atoms with E-state index in [4.69, 9.17) is 16.3 Å². The molecule has 7 heteroatoms. The molecule has 0 unspecified atom stereocenters. The number of imidazole rings is 1. The van der Waals surface area contributed by atoms with Gasteiger partial charge in [0.1, 0.15) is 0 Å². The Balaban J connectivity index is 1.34. The van der Waals surface area contributed by atoms with Crippen molar-refractivity contribution in [3.63, 3.8) is 0 Å². The van der Waals surface area contributed by atoms with E-state index in [1.807, 2.05) is 22.8 Å². The third-order valence-corrected chi connectivity index (χ3v) is 7.50. The van der Waals surface area contributed by atoms with Crippen LogP contribution in [0.1, 0.15) is 30.0 Å². The highest BCUT2D eigenvalue weighted by Crippen LogP contribution is 2.28. The number of likely N-dealkylation sites (tertiary alicyclic amines) is 1. The first kappa shape index (κ1) is 22.7. The molecule has 0 bridgehead atoms. The minimum atomic E-state index is 0.133. The predicted octanol–water partition coefficient (Wildman–Crippen LogP) is 3.93. The van der Waals surface area contributed by atoms with E-state index in [0.29, 0.717) is 0 Å². The van der Waals surface area contributed by atoms with Gasteiger partial charge in [0, 0.05) is 56.9 Å². The summed E-state index contributed by atoms with van der Waals surface area (Å²) < 4.78 is 9.54. The van der Waals surface area contributed by atoms with Crippen LogP contribution in [0.15, 0.2) is 47.3 Å². The van der Waals surface area contributed by atoms with E-state index in [1.165, 1.54) is 11.1 Å². The first-order chi connectivity index (χ1) is 16.1. The molecule has 2 fully saturated rings. The number of morpholine rings is 1. The van der Waals surface area contributed by atoms with Gasteiger partial charge in [-0.25, -0.2) is 4.79 Å². The molecular weight excluding hydrogens is 436 g/mol. The van der Waals surface area contributed by atoms with Crippen molar-refractivity contribution >= 4 is 22.6 Å². The summed E-state index contributed by atoms with van der Waals surface area (Å²) in [5.41, 5.74) is 4.62. The topological polar surface area (TPSA) is 42.6 Å². The Morgan fingerprint density at radius 2 is 1.70 bits per heavy atom. The Labute approximate surface area is 200 Å². The maximum absolute atomic E-state index is 13.6. The third-order valence-electron chi connectivity index (χ3n) is 7.14. The number of halogens is 1. The molecule has 2 aliphatic rings. The van der Waals surface area contributed by atoms with Gasteiger partial charge in [0.05, 0.1) is 24.2 Å². The van der Waals surface area contributed by atoms with Crippen molar-refractivity contribution in [3.8, 4) is 0 Å². The van der Waals surface area contributed by atoms with Gasteiger partial charge < -0.3 is 4.74 Å². The van der Waals surface area contributed by atoms with Gasteiger partial charge in [-0.3, -0.25) is 18.9 Å². The van der Waals surface area contributed by atoms with Gasteiger partial charge in [0.15, 0.2) is 0 Å². The molecule has 176 valence electrons. The summed E-state index contributed by atoms with van der Waals surface area (Å²) in [7, 11) is 0. The molecule has 0 aliphatic carbocycles. The number of piperidine rings is 1. The second-order valence-corrected chi connectivity index (χ2v) is 9.76. The minimum Gasteiger partial charge on any atom is -0.379 e. The van der Waals surface area contributed by atoms with Crippen LogP contribution in [-0.4, -0.2) is 64.9 Å². The van der Waals surface area contributed by atoms with Crippen molar-refractivity contribution in [2.45, 2.75) is 38.9 Å². The Morgan fingerprint density at radius 3 is 2.45 bits per heavy atom.